The van der Waals surface area contributed by atoms with E-state index in [0.29, 0.717) is 50.5 Å². The first-order valence-electron chi connectivity index (χ1n) is 13.4. The number of carbonyl (C=O) groups is 1. The molecular formula is C30H28FN9O3S. The number of likely N-dealkylation sites (N-methyl/N-ethyl adjacent to an activating group) is 1. The number of amides is 1. The van der Waals surface area contributed by atoms with E-state index >= 15 is 0 Å². The maximum absolute atomic E-state index is 14.7. The summed E-state index contributed by atoms with van der Waals surface area (Å²) in [6, 6.07) is 9.56. The van der Waals surface area contributed by atoms with E-state index < -0.39 is 21.0 Å². The van der Waals surface area contributed by atoms with Crippen LogP contribution < -0.4 is 11.1 Å². The van der Waals surface area contributed by atoms with Crippen LogP contribution in [0.4, 0.5) is 10.1 Å². The fourth-order valence-electron chi connectivity index (χ4n) is 5.00. The highest BCUT2D eigenvalue weighted by Gasteiger charge is 2.21. The summed E-state index contributed by atoms with van der Waals surface area (Å²) in [5.41, 5.74) is 11.6. The van der Waals surface area contributed by atoms with Gasteiger partial charge in [-0.3, -0.25) is 24.8 Å². The van der Waals surface area contributed by atoms with Gasteiger partial charge in [0.1, 0.15) is 16.9 Å². The van der Waals surface area contributed by atoms with Crippen molar-refractivity contribution in [1.82, 2.24) is 35.0 Å². The van der Waals surface area contributed by atoms with E-state index in [2.05, 4.69) is 35.5 Å². The van der Waals surface area contributed by atoms with Crippen LogP contribution in [0.2, 0.25) is 0 Å². The third kappa shape index (κ3) is 5.77. The summed E-state index contributed by atoms with van der Waals surface area (Å²) in [6.07, 6.45) is 9.16. The lowest BCUT2D eigenvalue weighted by atomic mass is 10.0. The molecule has 1 unspecified atom stereocenters. The van der Waals surface area contributed by atoms with Crippen LogP contribution in [0.1, 0.15) is 10.9 Å². The van der Waals surface area contributed by atoms with Crippen LogP contribution in [-0.2, 0) is 14.6 Å². The van der Waals surface area contributed by atoms with E-state index in [9.17, 15) is 17.6 Å². The molecule has 0 saturated heterocycles. The van der Waals surface area contributed by atoms with Gasteiger partial charge in [0, 0.05) is 40.5 Å². The number of rotatable bonds is 8. The zero-order chi connectivity index (χ0) is 31.2. The molecule has 5 N–H and O–H groups in total. The van der Waals surface area contributed by atoms with Crippen molar-refractivity contribution in [1.29, 1.82) is 0 Å². The first kappa shape index (κ1) is 29.0. The standard InChI is InChI=1S/C30H28FN9O3S/c1-40(2)15-28(41)36-20-7-18(10-33-11-20)24-9-22-27(14-35-24)38-39-29(22)25-8-21-23(12-34-13-26(21)37-25)16-4-17(6-19(31)5-16)30(32)44(3,42)43/h4-14,30,37H,15,32H2,1-3H3,(H,36,41)(H,38,39). The number of nitrogens with two attached hydrogens (primary N) is 1. The second-order valence-electron chi connectivity index (χ2n) is 10.8. The van der Waals surface area contributed by atoms with Crippen molar-refractivity contribution >= 4 is 43.2 Å². The lowest BCUT2D eigenvalue weighted by Crippen LogP contribution is -2.27. The average molecular weight is 614 g/mol. The van der Waals surface area contributed by atoms with Crippen LogP contribution in [0.25, 0.3) is 55.6 Å². The molecule has 0 fully saturated rings. The van der Waals surface area contributed by atoms with Crippen LogP contribution in [0, 0.1) is 5.82 Å². The Labute approximate surface area is 251 Å². The molecule has 44 heavy (non-hydrogen) atoms. The number of H-pyrrole nitrogens is 2. The zero-order valence-electron chi connectivity index (χ0n) is 24.0. The Kier molecular flexibility index (Phi) is 7.41. The summed E-state index contributed by atoms with van der Waals surface area (Å²) in [6.45, 7) is 0.239. The Morgan fingerprint density at radius 2 is 1.77 bits per heavy atom. The highest BCUT2D eigenvalue weighted by Crippen LogP contribution is 2.35. The van der Waals surface area contributed by atoms with Gasteiger partial charge in [-0.1, -0.05) is 0 Å². The molecule has 6 aromatic rings. The molecule has 0 saturated carbocycles. The molecule has 5 heterocycles. The fourth-order valence-corrected chi connectivity index (χ4v) is 5.63. The maximum Gasteiger partial charge on any atom is 0.238 e. The first-order valence-corrected chi connectivity index (χ1v) is 15.4. The molecule has 0 aliphatic carbocycles. The number of pyridine rings is 3. The summed E-state index contributed by atoms with van der Waals surface area (Å²) < 4.78 is 38.8. The zero-order valence-corrected chi connectivity index (χ0v) is 24.8. The smallest absolute Gasteiger partial charge is 0.238 e. The highest BCUT2D eigenvalue weighted by atomic mass is 32.2. The number of fused-ring (bicyclic) bond motifs is 2. The Bertz CT molecular complexity index is 2160. The van der Waals surface area contributed by atoms with Crippen molar-refractivity contribution < 1.29 is 17.6 Å². The number of hydrogen-bond acceptors (Lipinski definition) is 9. The Balaban J connectivity index is 1.39. The Morgan fingerprint density at radius 3 is 2.55 bits per heavy atom. The molecule has 0 spiro atoms. The molecule has 0 radical (unpaired) electrons. The second-order valence-corrected chi connectivity index (χ2v) is 13.0. The average Bonchev–Trinajstić information content (AvgIpc) is 3.59. The molecule has 5 aromatic heterocycles. The number of hydrogen-bond donors (Lipinski definition) is 4. The van der Waals surface area contributed by atoms with Gasteiger partial charge in [-0.05, 0) is 61.6 Å². The number of aromatic amines is 2. The van der Waals surface area contributed by atoms with E-state index in [1.165, 1.54) is 6.07 Å². The third-order valence-electron chi connectivity index (χ3n) is 7.05. The van der Waals surface area contributed by atoms with E-state index in [1.807, 2.05) is 26.2 Å². The molecule has 12 nitrogen and oxygen atoms in total. The number of nitrogens with zero attached hydrogens (tertiary/aromatic N) is 5. The van der Waals surface area contributed by atoms with Gasteiger partial charge in [-0.15, -0.1) is 0 Å². The molecular weight excluding hydrogens is 585 g/mol. The van der Waals surface area contributed by atoms with Crippen LogP contribution in [0.3, 0.4) is 0 Å². The highest BCUT2D eigenvalue weighted by molar-refractivity contribution is 7.90. The van der Waals surface area contributed by atoms with Gasteiger partial charge in [0.2, 0.25) is 5.91 Å². The normalized spacial score (nSPS) is 12.7. The predicted octanol–water partition coefficient (Wildman–Crippen LogP) is 3.87. The summed E-state index contributed by atoms with van der Waals surface area (Å²) in [5.74, 6) is -0.770. The minimum absolute atomic E-state index is 0.143. The number of sulfone groups is 1. The predicted molar refractivity (Wildman–Crippen MR) is 167 cm³/mol. The number of halogens is 1. The maximum atomic E-state index is 14.7. The van der Waals surface area contributed by atoms with E-state index in [-0.39, 0.29) is 18.0 Å². The van der Waals surface area contributed by atoms with Gasteiger partial charge >= 0.3 is 0 Å². The van der Waals surface area contributed by atoms with Gasteiger partial charge in [-0.2, -0.15) is 5.10 Å². The number of anilines is 1. The summed E-state index contributed by atoms with van der Waals surface area (Å²) >= 11 is 0. The van der Waals surface area contributed by atoms with Crippen molar-refractivity contribution in [2.75, 3.05) is 32.2 Å². The summed E-state index contributed by atoms with van der Waals surface area (Å²) in [5, 5.41) is 10.5. The van der Waals surface area contributed by atoms with Crippen LogP contribution in [-0.4, -0.2) is 76.3 Å². The Hall–Kier alpha value is -5.05. The molecule has 6 rings (SSSR count). The van der Waals surface area contributed by atoms with Gasteiger partial charge in [-0.25, -0.2) is 12.8 Å². The molecule has 224 valence electrons. The molecule has 1 amide bonds. The molecule has 1 aromatic carbocycles. The van der Waals surface area contributed by atoms with Crippen molar-refractivity contribution in [2.45, 2.75) is 5.37 Å². The van der Waals surface area contributed by atoms with E-state index in [1.54, 1.807) is 48.0 Å². The SMILES string of the molecule is CN(C)CC(=O)Nc1cncc(-c2cc3c(-c4cc5c(-c6cc(F)cc(C(N)S(C)(=O)=O)c6)cncc5[nH]4)n[nH]c3cn2)c1. The van der Waals surface area contributed by atoms with Gasteiger partial charge < -0.3 is 20.9 Å². The van der Waals surface area contributed by atoms with E-state index in [0.717, 1.165) is 23.1 Å². The largest absolute Gasteiger partial charge is 0.352 e. The third-order valence-corrected chi connectivity index (χ3v) is 8.24. The monoisotopic (exact) mass is 613 g/mol. The fraction of sp³-hybridized carbons (Fsp3) is 0.167. The number of aromatic nitrogens is 6. The molecule has 14 heteroatoms. The van der Waals surface area contributed by atoms with Crippen molar-refractivity contribution in [3.8, 4) is 33.8 Å². The quantitative estimate of drug-likeness (QED) is 0.199. The van der Waals surface area contributed by atoms with Crippen molar-refractivity contribution in [2.24, 2.45) is 5.73 Å². The topological polar surface area (TPSA) is 176 Å². The van der Waals surface area contributed by atoms with Crippen molar-refractivity contribution in [3.05, 3.63) is 78.8 Å². The minimum atomic E-state index is -3.65. The molecule has 0 aliphatic rings. The number of carbonyl (C=O) groups excluding carboxylic acids is 1. The van der Waals surface area contributed by atoms with E-state index in [4.69, 9.17) is 5.73 Å². The first-order chi connectivity index (χ1) is 21.0. The molecule has 0 aliphatic heterocycles. The van der Waals surface area contributed by atoms with Crippen LogP contribution in [0.5, 0.6) is 0 Å². The van der Waals surface area contributed by atoms with Crippen LogP contribution >= 0.6 is 0 Å². The number of benzene rings is 1. The summed E-state index contributed by atoms with van der Waals surface area (Å²) in [7, 11) is -0.0181. The Morgan fingerprint density at radius 1 is 0.977 bits per heavy atom. The number of nitrogens with one attached hydrogen (secondary N) is 3. The minimum Gasteiger partial charge on any atom is -0.352 e. The lowest BCUT2D eigenvalue weighted by Gasteiger charge is -2.12. The van der Waals surface area contributed by atoms with Gasteiger partial charge in [0.05, 0.1) is 53.2 Å². The van der Waals surface area contributed by atoms with Gasteiger partial charge in [0.15, 0.2) is 9.84 Å². The second kappa shape index (κ2) is 11.2. The lowest BCUT2D eigenvalue weighted by molar-refractivity contribution is -0.116. The van der Waals surface area contributed by atoms with Gasteiger partial charge in [0.25, 0.3) is 0 Å². The van der Waals surface area contributed by atoms with Crippen molar-refractivity contribution in [3.63, 3.8) is 0 Å². The van der Waals surface area contributed by atoms with Crippen LogP contribution in [0.15, 0.2) is 67.4 Å². The molecule has 1 atom stereocenters. The molecule has 0 bridgehead atoms. The summed E-state index contributed by atoms with van der Waals surface area (Å²) in [4.78, 5) is 30.5.